The van der Waals surface area contributed by atoms with Crippen molar-refractivity contribution in [2.75, 3.05) is 32.9 Å². The standard InChI is InChI=1S/C15H21NO2/c1-2-15-14(5-8-18-15)9-12(1)3-6-16-10-13-4-7-17-11-13/h1-2,9,13,16H,3-8,10-11H2. The lowest BCUT2D eigenvalue weighted by atomic mass is 10.1. The first kappa shape index (κ1) is 12.0. The zero-order valence-corrected chi connectivity index (χ0v) is 10.8. The third-order valence-electron chi connectivity index (χ3n) is 3.80. The predicted octanol–water partition coefficient (Wildman–Crippen LogP) is 1.79. The number of fused-ring (bicyclic) bond motifs is 1. The maximum atomic E-state index is 5.52. The maximum absolute atomic E-state index is 5.52. The lowest BCUT2D eigenvalue weighted by Crippen LogP contribution is -2.25. The van der Waals surface area contributed by atoms with Crippen LogP contribution in [0.25, 0.3) is 0 Å². The Morgan fingerprint density at radius 1 is 1.28 bits per heavy atom. The predicted molar refractivity (Wildman–Crippen MR) is 71.1 cm³/mol. The van der Waals surface area contributed by atoms with E-state index < -0.39 is 0 Å². The second-order valence-electron chi connectivity index (χ2n) is 5.22. The van der Waals surface area contributed by atoms with Gasteiger partial charge in [0.1, 0.15) is 5.75 Å². The summed E-state index contributed by atoms with van der Waals surface area (Å²) >= 11 is 0. The van der Waals surface area contributed by atoms with E-state index in [0.717, 1.165) is 57.4 Å². The summed E-state index contributed by atoms with van der Waals surface area (Å²) in [6.07, 6.45) is 3.38. The fourth-order valence-corrected chi connectivity index (χ4v) is 2.68. The first-order chi connectivity index (χ1) is 8.92. The minimum Gasteiger partial charge on any atom is -0.493 e. The number of rotatable bonds is 5. The Labute approximate surface area is 108 Å². The van der Waals surface area contributed by atoms with E-state index in [-0.39, 0.29) is 0 Å². The number of nitrogens with one attached hydrogen (secondary N) is 1. The molecule has 0 aliphatic carbocycles. The molecular formula is C15H21NO2. The fourth-order valence-electron chi connectivity index (χ4n) is 2.68. The normalized spacial score (nSPS) is 21.9. The van der Waals surface area contributed by atoms with Gasteiger partial charge in [0.05, 0.1) is 13.2 Å². The average molecular weight is 247 g/mol. The molecule has 18 heavy (non-hydrogen) atoms. The van der Waals surface area contributed by atoms with Gasteiger partial charge in [-0.15, -0.1) is 0 Å². The van der Waals surface area contributed by atoms with E-state index in [2.05, 4.69) is 23.5 Å². The van der Waals surface area contributed by atoms with E-state index in [1.165, 1.54) is 17.5 Å². The van der Waals surface area contributed by atoms with Gasteiger partial charge in [-0.25, -0.2) is 0 Å². The van der Waals surface area contributed by atoms with Gasteiger partial charge in [0, 0.05) is 19.6 Å². The van der Waals surface area contributed by atoms with Crippen molar-refractivity contribution in [3.05, 3.63) is 29.3 Å². The van der Waals surface area contributed by atoms with Gasteiger partial charge in [-0.2, -0.15) is 0 Å². The zero-order chi connectivity index (χ0) is 12.2. The Balaban J connectivity index is 1.42. The van der Waals surface area contributed by atoms with Crippen LogP contribution in [-0.4, -0.2) is 32.9 Å². The molecule has 1 fully saturated rings. The SMILES string of the molecule is c1cc2c(cc1CCNCC1CCOC1)CCO2. The molecule has 1 N–H and O–H groups in total. The molecule has 98 valence electrons. The number of hydrogen-bond donors (Lipinski definition) is 1. The first-order valence-corrected chi connectivity index (χ1v) is 6.95. The molecule has 3 rings (SSSR count). The van der Waals surface area contributed by atoms with Crippen LogP contribution in [0, 0.1) is 5.92 Å². The molecule has 1 unspecified atom stereocenters. The molecule has 0 radical (unpaired) electrons. The minimum atomic E-state index is 0.721. The summed E-state index contributed by atoms with van der Waals surface area (Å²) in [6.45, 7) is 4.86. The van der Waals surface area contributed by atoms with Crippen molar-refractivity contribution in [1.82, 2.24) is 5.32 Å². The molecule has 1 aromatic carbocycles. The van der Waals surface area contributed by atoms with Gasteiger partial charge in [0.25, 0.3) is 0 Å². The van der Waals surface area contributed by atoms with E-state index in [0.29, 0.717) is 0 Å². The van der Waals surface area contributed by atoms with Gasteiger partial charge < -0.3 is 14.8 Å². The molecule has 0 bridgehead atoms. The molecule has 2 aliphatic heterocycles. The van der Waals surface area contributed by atoms with Crippen molar-refractivity contribution in [1.29, 1.82) is 0 Å². The summed E-state index contributed by atoms with van der Waals surface area (Å²) in [5.74, 6) is 1.80. The second-order valence-corrected chi connectivity index (χ2v) is 5.22. The third kappa shape index (κ3) is 2.85. The molecule has 2 heterocycles. The van der Waals surface area contributed by atoms with E-state index in [4.69, 9.17) is 9.47 Å². The second kappa shape index (κ2) is 5.72. The Hall–Kier alpha value is -1.06. The Morgan fingerprint density at radius 2 is 2.28 bits per heavy atom. The number of benzene rings is 1. The molecule has 3 heteroatoms. The van der Waals surface area contributed by atoms with Crippen LogP contribution in [-0.2, 0) is 17.6 Å². The van der Waals surface area contributed by atoms with Crippen LogP contribution in [0.1, 0.15) is 17.5 Å². The highest BCUT2D eigenvalue weighted by Crippen LogP contribution is 2.25. The summed E-state index contributed by atoms with van der Waals surface area (Å²) in [4.78, 5) is 0. The van der Waals surface area contributed by atoms with Gasteiger partial charge in [0.2, 0.25) is 0 Å². The zero-order valence-electron chi connectivity index (χ0n) is 10.8. The Bertz CT molecular complexity index is 399. The molecule has 2 aliphatic rings. The van der Waals surface area contributed by atoms with Crippen molar-refractivity contribution in [3.63, 3.8) is 0 Å². The lowest BCUT2D eigenvalue weighted by molar-refractivity contribution is 0.185. The maximum Gasteiger partial charge on any atom is 0.122 e. The summed E-state index contributed by atoms with van der Waals surface area (Å²) < 4.78 is 10.9. The smallest absolute Gasteiger partial charge is 0.122 e. The lowest BCUT2D eigenvalue weighted by Gasteiger charge is -2.09. The monoisotopic (exact) mass is 247 g/mol. The van der Waals surface area contributed by atoms with Gasteiger partial charge in [-0.1, -0.05) is 12.1 Å². The highest BCUT2D eigenvalue weighted by atomic mass is 16.5. The number of ether oxygens (including phenoxy) is 2. The fraction of sp³-hybridized carbons (Fsp3) is 0.600. The number of hydrogen-bond acceptors (Lipinski definition) is 3. The van der Waals surface area contributed by atoms with Crippen molar-refractivity contribution in [2.45, 2.75) is 19.3 Å². The van der Waals surface area contributed by atoms with E-state index in [1.54, 1.807) is 0 Å². The summed E-state index contributed by atoms with van der Waals surface area (Å²) in [5, 5.41) is 3.53. The van der Waals surface area contributed by atoms with Crippen molar-refractivity contribution in [2.24, 2.45) is 5.92 Å². The summed E-state index contributed by atoms with van der Waals surface area (Å²) in [5.41, 5.74) is 2.78. The molecule has 0 spiro atoms. The van der Waals surface area contributed by atoms with Gasteiger partial charge in [-0.3, -0.25) is 0 Å². The van der Waals surface area contributed by atoms with Crippen LogP contribution >= 0.6 is 0 Å². The van der Waals surface area contributed by atoms with Crippen LogP contribution in [0.5, 0.6) is 5.75 Å². The van der Waals surface area contributed by atoms with Gasteiger partial charge in [-0.05, 0) is 42.5 Å². The van der Waals surface area contributed by atoms with Crippen molar-refractivity contribution >= 4 is 0 Å². The van der Waals surface area contributed by atoms with E-state index in [9.17, 15) is 0 Å². The average Bonchev–Trinajstić information content (AvgIpc) is 3.05. The molecular weight excluding hydrogens is 226 g/mol. The van der Waals surface area contributed by atoms with Crippen LogP contribution in [0.2, 0.25) is 0 Å². The van der Waals surface area contributed by atoms with Crippen LogP contribution < -0.4 is 10.1 Å². The van der Waals surface area contributed by atoms with Crippen molar-refractivity contribution in [3.8, 4) is 5.75 Å². The summed E-state index contributed by atoms with van der Waals surface area (Å²) in [7, 11) is 0. The molecule has 0 saturated carbocycles. The quantitative estimate of drug-likeness (QED) is 0.805. The molecule has 1 saturated heterocycles. The molecule has 1 atom stereocenters. The van der Waals surface area contributed by atoms with E-state index >= 15 is 0 Å². The van der Waals surface area contributed by atoms with Crippen LogP contribution in [0.15, 0.2) is 18.2 Å². The highest BCUT2D eigenvalue weighted by Gasteiger charge is 2.15. The first-order valence-electron chi connectivity index (χ1n) is 6.95. The summed E-state index contributed by atoms with van der Waals surface area (Å²) in [6, 6.07) is 6.59. The topological polar surface area (TPSA) is 30.5 Å². The highest BCUT2D eigenvalue weighted by molar-refractivity contribution is 5.39. The third-order valence-corrected chi connectivity index (χ3v) is 3.80. The molecule has 0 aromatic heterocycles. The molecule has 1 aromatic rings. The van der Waals surface area contributed by atoms with E-state index in [1.807, 2.05) is 0 Å². The van der Waals surface area contributed by atoms with Crippen molar-refractivity contribution < 1.29 is 9.47 Å². The van der Waals surface area contributed by atoms with Crippen LogP contribution in [0.3, 0.4) is 0 Å². The largest absolute Gasteiger partial charge is 0.493 e. The molecule has 0 amide bonds. The Kier molecular flexibility index (Phi) is 3.81. The Morgan fingerprint density at radius 3 is 3.17 bits per heavy atom. The van der Waals surface area contributed by atoms with Gasteiger partial charge in [0.15, 0.2) is 0 Å². The van der Waals surface area contributed by atoms with Gasteiger partial charge >= 0.3 is 0 Å². The van der Waals surface area contributed by atoms with Crippen LogP contribution in [0.4, 0.5) is 0 Å². The molecule has 3 nitrogen and oxygen atoms in total. The minimum absolute atomic E-state index is 0.721.